The summed E-state index contributed by atoms with van der Waals surface area (Å²) < 4.78 is 256. The fraction of sp³-hybridized carbons (Fsp3) is 0. The van der Waals surface area contributed by atoms with Gasteiger partial charge in [-0.3, -0.25) is 0 Å². The molecule has 0 bridgehead atoms. The molecule has 0 atom stereocenters. The SMILES string of the molecule is Nc1c(N=Nc2ccc(N=Nc3[c-]ccc(S(=O)(=O)[O-])c3)c3cc(S(=O)(=O)[O-])cc(O)c23)cc(S(=O)(=O)[O-])c2c[c-]c(N=Nc3ccc(N=Nc4c[c-]ccc4S(=O)(=O)[O-])c4cc(S(=O)(=O)[O-])cc(O)c34)c(O)c12.O=S(=O)=O.O=S(=O)=O.O=S(=O)=O.[Na+].[Na+].[Na+].[Na+].[Na+].[Na+].[Na+].[Na+]. The van der Waals surface area contributed by atoms with Crippen molar-refractivity contribution in [3.05, 3.63) is 115 Å². The standard InChI is InChI=1S/C42H26N9O18S5.8Na.3O3S/c43-41-33(51-49-31-12-10-27(25-15-22(71(58,59)60)17-34(52)38(25)31)45-44-20-4-3-5-21(14-20)70(55,56)57)19-37(74(67,68)69)24-8-9-32(42(54)40(24)41)50-48-30-13-11-28(26-16-23(72(61,62)63)18-35(53)39(26)30)46-47-29-6-1-2-7-36(29)73(64,65)66;;;;;;;;;3*1-4(2)3/h2-3,5-8,10-19,52-54H,43H2,(H,55,56,57)(H,58,59,60)(H,61,62,63)(H,64,65,66)(H,67,68,69);;;;;;;;;;;/q-3;8*+1;;;/p-5. The monoisotopic (exact) mass is 1520 g/mol. The summed E-state index contributed by atoms with van der Waals surface area (Å²) in [6.45, 7) is 0. The quantitative estimate of drug-likeness (QED) is 0.0274. The summed E-state index contributed by atoms with van der Waals surface area (Å²) in [5.74, 6) is -2.79. The van der Waals surface area contributed by atoms with Gasteiger partial charge < -0.3 is 43.8 Å². The van der Waals surface area contributed by atoms with E-state index in [4.69, 9.17) is 43.6 Å². The molecule has 36 nitrogen and oxygen atoms in total. The third-order valence-electron chi connectivity index (χ3n) is 10.2. The summed E-state index contributed by atoms with van der Waals surface area (Å²) in [4.78, 5) is -4.46. The number of azo groups is 4. The Labute approximate surface area is 712 Å². The number of phenolic OH excluding ortho intramolecular Hbond substituents is 3. The topological polar surface area (TPSA) is 625 Å². The smallest absolute Gasteiger partial charge is 0.746 e. The fourth-order valence-electron chi connectivity index (χ4n) is 6.97. The van der Waals surface area contributed by atoms with Gasteiger partial charge in [0.1, 0.15) is 67.8 Å². The Kier molecular flexibility index (Phi) is 44.3. The van der Waals surface area contributed by atoms with E-state index in [1.165, 1.54) is 0 Å². The van der Waals surface area contributed by atoms with Gasteiger partial charge in [-0.1, -0.05) is 10.3 Å². The van der Waals surface area contributed by atoms with Crippen LogP contribution in [-0.4, -0.2) is 118 Å². The number of rotatable bonds is 13. The van der Waals surface area contributed by atoms with E-state index in [0.29, 0.717) is 18.2 Å². The molecule has 0 amide bonds. The summed E-state index contributed by atoms with van der Waals surface area (Å²) in [5.41, 5.74) is 2.48. The Morgan fingerprint density at radius 1 is 0.372 bits per heavy atom. The molecule has 452 valence electrons. The summed E-state index contributed by atoms with van der Waals surface area (Å²) >= 11 is 0. The molecule has 94 heavy (non-hydrogen) atoms. The van der Waals surface area contributed by atoms with Crippen LogP contribution in [0.15, 0.2) is 162 Å². The second-order valence-electron chi connectivity index (χ2n) is 15.5. The van der Waals surface area contributed by atoms with Crippen LogP contribution in [0, 0.1) is 18.2 Å². The molecule has 0 unspecified atom stereocenters. The maximum Gasteiger partial charge on any atom is 1.00 e. The van der Waals surface area contributed by atoms with Gasteiger partial charge in [0.2, 0.25) is 0 Å². The Balaban J connectivity index is -0.00000187. The van der Waals surface area contributed by atoms with Crippen LogP contribution in [0.3, 0.4) is 0 Å². The number of nitrogens with zero attached hydrogens (tertiary/aromatic N) is 8. The molecular weight excluding hydrogens is 1500 g/mol. The summed E-state index contributed by atoms with van der Waals surface area (Å²) in [7, 11) is -35.4. The van der Waals surface area contributed by atoms with Crippen molar-refractivity contribution >= 4 is 166 Å². The van der Waals surface area contributed by atoms with Gasteiger partial charge >= 0.3 is 268 Å². The number of nitrogens with two attached hydrogens (primary N) is 1. The van der Waals surface area contributed by atoms with Crippen LogP contribution < -0.4 is 242 Å². The van der Waals surface area contributed by atoms with E-state index in [2.05, 4.69) is 59.1 Å². The molecule has 0 heterocycles. The molecule has 8 aromatic rings. The number of hydrogen-bond acceptors (Lipinski definition) is 36. The number of aromatic hydroxyl groups is 3. The Bertz CT molecular complexity index is 5190. The van der Waals surface area contributed by atoms with Crippen molar-refractivity contribution in [1.82, 2.24) is 0 Å². The van der Waals surface area contributed by atoms with Crippen LogP contribution in [0.5, 0.6) is 17.2 Å². The number of nitrogen functional groups attached to an aromatic ring is 1. The number of hydrogen-bond donors (Lipinski definition) is 4. The zero-order chi connectivity index (χ0) is 64.6. The van der Waals surface area contributed by atoms with E-state index in [0.717, 1.165) is 78.9 Å². The largest absolute Gasteiger partial charge is 1.00 e. The van der Waals surface area contributed by atoms with E-state index >= 15 is 0 Å². The van der Waals surface area contributed by atoms with Crippen molar-refractivity contribution in [3.63, 3.8) is 0 Å². The predicted octanol–water partition coefficient (Wildman–Crippen LogP) is -19.6. The molecule has 0 spiro atoms. The van der Waals surface area contributed by atoms with Crippen molar-refractivity contribution in [2.45, 2.75) is 24.5 Å². The maximum absolute atomic E-state index is 12.6. The normalized spacial score (nSPS) is 11.2. The van der Waals surface area contributed by atoms with Gasteiger partial charge in [0, 0.05) is 32.8 Å². The van der Waals surface area contributed by atoms with E-state index in [1.807, 2.05) is 0 Å². The maximum atomic E-state index is 12.6. The Morgan fingerprint density at radius 2 is 0.755 bits per heavy atom. The first-order valence-corrected chi connectivity index (χ1v) is 31.1. The van der Waals surface area contributed by atoms with Crippen LogP contribution in [-0.2, 0) is 82.4 Å². The molecule has 8 aromatic carbocycles. The van der Waals surface area contributed by atoms with Crippen molar-refractivity contribution in [3.8, 4) is 17.2 Å². The van der Waals surface area contributed by atoms with Crippen LogP contribution in [0.4, 0.5) is 51.2 Å². The molecule has 8 rings (SSSR count). The third-order valence-corrected chi connectivity index (χ3v) is 14.4. The van der Waals surface area contributed by atoms with Crippen LogP contribution >= 0.6 is 0 Å². The van der Waals surface area contributed by atoms with Gasteiger partial charge in [0.15, 0.2) is 0 Å². The van der Waals surface area contributed by atoms with Gasteiger partial charge in [-0.2, -0.15) is 74.1 Å². The molecule has 0 aliphatic carbocycles. The Hall–Kier alpha value is -1.45. The first-order valence-electron chi connectivity index (χ1n) is 21.1. The second-order valence-corrected chi connectivity index (χ2v) is 23.6. The first kappa shape index (κ1) is 98.9. The molecular formula is C42H21N9Na8O27S8. The molecule has 52 heteroatoms. The third kappa shape index (κ3) is 28.2. The van der Waals surface area contributed by atoms with E-state index in [1.54, 1.807) is 0 Å². The van der Waals surface area contributed by atoms with Crippen LogP contribution in [0.1, 0.15) is 0 Å². The van der Waals surface area contributed by atoms with Crippen LogP contribution in [0.2, 0.25) is 0 Å². The number of phenols is 3. The summed E-state index contributed by atoms with van der Waals surface area (Å²) in [6.07, 6.45) is 0. The average Bonchev–Trinajstić information content (AvgIpc) is 0.767. The van der Waals surface area contributed by atoms with Gasteiger partial charge in [-0.15, -0.1) is 65.6 Å². The molecule has 0 aliphatic rings. The van der Waals surface area contributed by atoms with Gasteiger partial charge in [-0.25, -0.2) is 47.2 Å². The minimum atomic E-state index is -5.47. The van der Waals surface area contributed by atoms with E-state index in [9.17, 15) is 80.2 Å². The first-order chi connectivity index (χ1) is 39.7. The molecule has 0 saturated carbocycles. The van der Waals surface area contributed by atoms with Crippen molar-refractivity contribution in [1.29, 1.82) is 0 Å². The van der Waals surface area contributed by atoms with Crippen molar-refractivity contribution in [2.24, 2.45) is 40.9 Å². The molecule has 0 saturated heterocycles. The fourth-order valence-corrected chi connectivity index (χ4v) is 9.78. The van der Waals surface area contributed by atoms with Gasteiger partial charge in [-0.05, 0) is 70.9 Å². The van der Waals surface area contributed by atoms with E-state index in [-0.39, 0.29) is 286 Å². The summed E-state index contributed by atoms with van der Waals surface area (Å²) in [6, 6.07) is 21.9. The summed E-state index contributed by atoms with van der Waals surface area (Å²) in [5, 5.41) is 62.3. The average molecular weight is 1520 g/mol. The molecule has 5 N–H and O–H groups in total. The minimum absolute atomic E-state index is 0. The molecule has 0 aromatic heterocycles. The number of anilines is 1. The van der Waals surface area contributed by atoms with Gasteiger partial charge in [0.05, 0.1) is 43.3 Å². The minimum Gasteiger partial charge on any atom is -0.746 e. The predicted molar refractivity (Wildman–Crippen MR) is 276 cm³/mol. The zero-order valence-electron chi connectivity index (χ0n) is 48.8. The molecule has 0 radical (unpaired) electrons. The van der Waals surface area contributed by atoms with Gasteiger partial charge in [0.25, 0.3) is 0 Å². The Morgan fingerprint density at radius 3 is 1.18 bits per heavy atom. The zero-order valence-corrected chi connectivity index (χ0v) is 71.3. The molecule has 0 aliphatic heterocycles. The second kappa shape index (κ2) is 42.1. The number of benzene rings is 8. The number of fused-ring (bicyclic) bond motifs is 3. The van der Waals surface area contributed by atoms with Crippen molar-refractivity contribution < 1.29 is 355 Å². The molecule has 0 fully saturated rings. The van der Waals surface area contributed by atoms with Crippen molar-refractivity contribution in [2.75, 3.05) is 5.73 Å². The van der Waals surface area contributed by atoms with E-state index < -0.39 is 158 Å². The van der Waals surface area contributed by atoms with Crippen LogP contribution in [0.25, 0.3) is 32.3 Å².